The first-order valence-electron chi connectivity index (χ1n) is 12.1. The summed E-state index contributed by atoms with van der Waals surface area (Å²) in [5, 5.41) is 2.95. The lowest BCUT2D eigenvalue weighted by molar-refractivity contribution is -0.121. The number of benzene rings is 1. The summed E-state index contributed by atoms with van der Waals surface area (Å²) in [7, 11) is -3.50. The number of anilines is 1. The van der Waals surface area contributed by atoms with Crippen molar-refractivity contribution >= 4 is 21.7 Å². The summed E-state index contributed by atoms with van der Waals surface area (Å²) in [6.07, 6.45) is 5.13. The zero-order chi connectivity index (χ0) is 24.0. The lowest BCUT2D eigenvalue weighted by Crippen LogP contribution is -2.40. The van der Waals surface area contributed by atoms with E-state index in [9.17, 15) is 13.2 Å². The van der Waals surface area contributed by atoms with Crippen molar-refractivity contribution in [2.45, 2.75) is 44.0 Å². The van der Waals surface area contributed by atoms with Gasteiger partial charge in [0.25, 0.3) is 0 Å². The first kappa shape index (κ1) is 24.6. The van der Waals surface area contributed by atoms with Crippen molar-refractivity contribution in [2.75, 3.05) is 44.3 Å². The third-order valence-electron chi connectivity index (χ3n) is 6.58. The molecule has 3 heterocycles. The minimum atomic E-state index is -3.50. The van der Waals surface area contributed by atoms with Crippen LogP contribution in [0, 0.1) is 5.92 Å². The van der Waals surface area contributed by atoms with Crippen LogP contribution in [0.5, 0.6) is 0 Å². The zero-order valence-electron chi connectivity index (χ0n) is 19.8. The van der Waals surface area contributed by atoms with E-state index in [0.717, 1.165) is 36.0 Å². The molecule has 1 amide bonds. The van der Waals surface area contributed by atoms with Crippen LogP contribution in [0.4, 0.5) is 5.82 Å². The van der Waals surface area contributed by atoms with Gasteiger partial charge in [-0.1, -0.05) is 25.1 Å². The van der Waals surface area contributed by atoms with Gasteiger partial charge in [-0.15, -0.1) is 0 Å². The number of piperidine rings is 1. The number of hydrogen-bond donors (Lipinski definition) is 1. The summed E-state index contributed by atoms with van der Waals surface area (Å²) in [5.74, 6) is 1.74. The molecule has 2 aliphatic rings. The second kappa shape index (κ2) is 11.3. The van der Waals surface area contributed by atoms with Crippen LogP contribution in [0.1, 0.15) is 37.3 Å². The molecule has 1 N–H and O–H groups in total. The number of pyridine rings is 1. The Hall–Kier alpha value is -2.49. The summed E-state index contributed by atoms with van der Waals surface area (Å²) in [6.45, 7) is 6.42. The van der Waals surface area contributed by atoms with Crippen molar-refractivity contribution in [3.63, 3.8) is 0 Å². The number of morpholine rings is 1. The largest absolute Gasteiger partial charge is 0.379 e. The van der Waals surface area contributed by atoms with E-state index in [1.54, 1.807) is 24.3 Å². The number of rotatable bonds is 8. The highest BCUT2D eigenvalue weighted by Gasteiger charge is 2.26. The van der Waals surface area contributed by atoms with Crippen molar-refractivity contribution in [2.24, 2.45) is 5.92 Å². The monoisotopic (exact) mass is 486 g/mol. The molecule has 184 valence electrons. The first-order chi connectivity index (χ1) is 16.4. The normalized spacial score (nSPS) is 18.1. The van der Waals surface area contributed by atoms with E-state index in [-0.39, 0.29) is 10.8 Å². The van der Waals surface area contributed by atoms with Crippen LogP contribution < -0.4 is 10.2 Å². The topological polar surface area (TPSA) is 91.8 Å². The van der Waals surface area contributed by atoms with Gasteiger partial charge in [-0.2, -0.15) is 4.31 Å². The van der Waals surface area contributed by atoms with Crippen molar-refractivity contribution in [3.05, 3.63) is 53.7 Å². The molecule has 8 nitrogen and oxygen atoms in total. The molecule has 0 radical (unpaired) electrons. The predicted octanol–water partition coefficient (Wildman–Crippen LogP) is 2.59. The Morgan fingerprint density at radius 3 is 2.35 bits per heavy atom. The van der Waals surface area contributed by atoms with Gasteiger partial charge in [0.15, 0.2) is 0 Å². The maximum atomic E-state index is 12.7. The van der Waals surface area contributed by atoms with Crippen LogP contribution in [-0.2, 0) is 32.5 Å². The molecule has 2 aromatic rings. The van der Waals surface area contributed by atoms with Gasteiger partial charge < -0.3 is 15.0 Å². The predicted molar refractivity (Wildman–Crippen MR) is 131 cm³/mol. The average Bonchev–Trinajstić information content (AvgIpc) is 2.88. The molecule has 0 saturated carbocycles. The second-order valence-electron chi connectivity index (χ2n) is 9.13. The Morgan fingerprint density at radius 1 is 1.03 bits per heavy atom. The Labute approximate surface area is 202 Å². The quantitative estimate of drug-likeness (QED) is 0.617. The highest BCUT2D eigenvalue weighted by Crippen LogP contribution is 2.21. The van der Waals surface area contributed by atoms with E-state index < -0.39 is 10.0 Å². The molecule has 0 atom stereocenters. The van der Waals surface area contributed by atoms with Gasteiger partial charge >= 0.3 is 0 Å². The smallest absolute Gasteiger partial charge is 0.243 e. The molecule has 0 unspecified atom stereocenters. The lowest BCUT2D eigenvalue weighted by Gasteiger charge is -2.31. The van der Waals surface area contributed by atoms with Gasteiger partial charge in [0, 0.05) is 45.3 Å². The van der Waals surface area contributed by atoms with Gasteiger partial charge in [-0.3, -0.25) is 4.79 Å². The molecule has 1 aromatic carbocycles. The molecule has 0 spiro atoms. The molecule has 0 aliphatic carbocycles. The van der Waals surface area contributed by atoms with Crippen LogP contribution in [0.25, 0.3) is 0 Å². The van der Waals surface area contributed by atoms with Crippen molar-refractivity contribution < 1.29 is 17.9 Å². The van der Waals surface area contributed by atoms with Gasteiger partial charge in [-0.25, -0.2) is 13.4 Å². The van der Waals surface area contributed by atoms with E-state index in [2.05, 4.69) is 22.1 Å². The SMILES string of the molecule is CC1CCN(c2ccc(CNC(=O)CCc3ccc(S(=O)(=O)N4CCOCC4)cc3)cn2)CC1. The number of sulfonamides is 1. The standard InChI is InChI=1S/C25H34N4O4S/c1-20-10-12-28(13-11-20)24-8-4-22(18-26-24)19-27-25(30)9-5-21-2-6-23(7-3-21)34(31,32)29-14-16-33-17-15-29/h2-4,6-8,18,20H,5,9-17,19H2,1H3,(H,27,30). The fraction of sp³-hybridized carbons (Fsp3) is 0.520. The minimum absolute atomic E-state index is 0.0425. The summed E-state index contributed by atoms with van der Waals surface area (Å²) in [5.41, 5.74) is 1.90. The molecular weight excluding hydrogens is 452 g/mol. The van der Waals surface area contributed by atoms with E-state index in [4.69, 9.17) is 4.74 Å². The summed E-state index contributed by atoms with van der Waals surface area (Å²) >= 11 is 0. The zero-order valence-corrected chi connectivity index (χ0v) is 20.6. The Morgan fingerprint density at radius 2 is 1.71 bits per heavy atom. The molecule has 0 bridgehead atoms. The third-order valence-corrected chi connectivity index (χ3v) is 8.49. The van der Waals surface area contributed by atoms with Gasteiger partial charge in [0.2, 0.25) is 15.9 Å². The molecule has 2 saturated heterocycles. The van der Waals surface area contributed by atoms with E-state index in [1.807, 2.05) is 18.3 Å². The molecule has 2 fully saturated rings. The lowest BCUT2D eigenvalue weighted by atomic mass is 9.99. The van der Waals surface area contributed by atoms with Crippen LogP contribution in [0.3, 0.4) is 0 Å². The number of aryl methyl sites for hydroxylation is 1. The Kier molecular flexibility index (Phi) is 8.18. The van der Waals surface area contributed by atoms with Crippen molar-refractivity contribution in [1.82, 2.24) is 14.6 Å². The number of carbonyl (C=O) groups excluding carboxylic acids is 1. The summed E-state index contributed by atoms with van der Waals surface area (Å²) in [4.78, 5) is 19.5. The fourth-order valence-electron chi connectivity index (χ4n) is 4.26. The molecule has 34 heavy (non-hydrogen) atoms. The second-order valence-corrected chi connectivity index (χ2v) is 11.1. The van der Waals surface area contributed by atoms with E-state index in [0.29, 0.717) is 45.7 Å². The Balaban J connectivity index is 1.22. The van der Waals surface area contributed by atoms with Crippen LogP contribution >= 0.6 is 0 Å². The molecular formula is C25H34N4O4S. The molecule has 4 rings (SSSR count). The number of amides is 1. The molecule has 1 aromatic heterocycles. The van der Waals surface area contributed by atoms with Crippen molar-refractivity contribution in [3.8, 4) is 0 Å². The Bertz CT molecular complexity index is 1040. The maximum Gasteiger partial charge on any atom is 0.243 e. The summed E-state index contributed by atoms with van der Waals surface area (Å²) < 4.78 is 32.1. The first-order valence-corrected chi connectivity index (χ1v) is 13.5. The van der Waals surface area contributed by atoms with Gasteiger partial charge in [-0.05, 0) is 54.5 Å². The van der Waals surface area contributed by atoms with E-state index >= 15 is 0 Å². The maximum absolute atomic E-state index is 12.7. The summed E-state index contributed by atoms with van der Waals surface area (Å²) in [6, 6.07) is 10.9. The van der Waals surface area contributed by atoms with Gasteiger partial charge in [0.1, 0.15) is 5.82 Å². The number of hydrogen-bond acceptors (Lipinski definition) is 6. The van der Waals surface area contributed by atoms with Crippen LogP contribution in [0.15, 0.2) is 47.5 Å². The van der Waals surface area contributed by atoms with Crippen LogP contribution in [0.2, 0.25) is 0 Å². The number of ether oxygens (including phenoxy) is 1. The highest BCUT2D eigenvalue weighted by atomic mass is 32.2. The van der Waals surface area contributed by atoms with Gasteiger partial charge in [0.05, 0.1) is 18.1 Å². The minimum Gasteiger partial charge on any atom is -0.379 e. The van der Waals surface area contributed by atoms with Crippen molar-refractivity contribution in [1.29, 1.82) is 0 Å². The third kappa shape index (κ3) is 6.34. The molecule has 9 heteroatoms. The van der Waals surface area contributed by atoms with E-state index in [1.165, 1.54) is 17.1 Å². The fourth-order valence-corrected chi connectivity index (χ4v) is 5.66. The molecule has 2 aliphatic heterocycles. The number of aromatic nitrogens is 1. The highest BCUT2D eigenvalue weighted by molar-refractivity contribution is 7.89. The van der Waals surface area contributed by atoms with Crippen LogP contribution in [-0.4, -0.2) is 63.0 Å². The average molecular weight is 487 g/mol. The number of carbonyl (C=O) groups is 1. The number of nitrogens with one attached hydrogen (secondary N) is 1. The number of nitrogens with zero attached hydrogens (tertiary/aromatic N) is 3.